The first-order valence-electron chi connectivity index (χ1n) is 58.9. The second kappa shape index (κ2) is 38.3. The van der Waals surface area contributed by atoms with Gasteiger partial charge in [0.15, 0.2) is 6.71 Å². The summed E-state index contributed by atoms with van der Waals surface area (Å²) in [6, 6.07) is 7.63. The van der Waals surface area contributed by atoms with Crippen molar-refractivity contribution in [1.82, 2.24) is 14.7 Å². The molecule has 674 valence electrons. The highest BCUT2D eigenvalue weighted by Crippen LogP contribution is 2.72. The van der Waals surface area contributed by atoms with Gasteiger partial charge in [-0.1, -0.05) is 340 Å². The lowest BCUT2D eigenvalue weighted by atomic mass is 9.18. The van der Waals surface area contributed by atoms with Crippen molar-refractivity contribution in [2.75, 3.05) is 0 Å². The molecule has 0 aromatic heterocycles. The molecule has 3 nitrogen and oxygen atoms in total. The molecule has 23 rings (SSSR count). The highest BCUT2D eigenvalue weighted by atomic mass is 15.3. The van der Waals surface area contributed by atoms with Crippen molar-refractivity contribution in [1.29, 1.82) is 0 Å². The van der Waals surface area contributed by atoms with Crippen LogP contribution < -0.4 is 0 Å². The lowest BCUT2D eigenvalue weighted by Crippen LogP contribution is -2.78. The lowest BCUT2D eigenvalue weighted by Gasteiger charge is -2.73. The topological polar surface area (TPSA) is 9.72 Å². The van der Waals surface area contributed by atoms with Gasteiger partial charge in [-0.05, 0) is 331 Å². The summed E-state index contributed by atoms with van der Waals surface area (Å²) in [6.07, 6.45) is 122. The summed E-state index contributed by atoms with van der Waals surface area (Å²) in [6.45, 7) is 0.997. The van der Waals surface area contributed by atoms with E-state index in [-0.39, 0.29) is 0 Å². The maximum Gasteiger partial charge on any atom is 0.156 e. The van der Waals surface area contributed by atoms with Crippen LogP contribution in [0.5, 0.6) is 0 Å². The molecular formula is C116H192BN3. The lowest BCUT2D eigenvalue weighted by molar-refractivity contribution is -0.162. The molecule has 23 atom stereocenters. The average molecular weight is 1640 g/mol. The Kier molecular flexibility index (Phi) is 26.9. The molecule has 2 saturated heterocycles. The number of fused-ring (bicyclic) bond motifs is 6. The normalized spacial score (nSPS) is 48.6. The van der Waals surface area contributed by atoms with Crippen LogP contribution in [0.2, 0.25) is 17.5 Å². The molecule has 23 fully saturated rings. The average Bonchev–Trinajstić information content (AvgIpc) is 0.684. The Morgan fingerprint density at radius 1 is 0.158 bits per heavy atom. The third-order valence-corrected chi connectivity index (χ3v) is 48.2. The van der Waals surface area contributed by atoms with Crippen molar-refractivity contribution < 1.29 is 0 Å². The largest absolute Gasteiger partial charge is 0.295 e. The fraction of sp³-hybridized carbons (Fsp3) is 1.00. The molecule has 0 aromatic carbocycles. The van der Waals surface area contributed by atoms with Crippen LogP contribution in [0.1, 0.15) is 488 Å². The van der Waals surface area contributed by atoms with Crippen LogP contribution in [0, 0.1) is 166 Å². The van der Waals surface area contributed by atoms with Gasteiger partial charge in [-0.15, -0.1) is 0 Å². The number of nitrogens with zero attached hydrogens (tertiary/aromatic N) is 3. The van der Waals surface area contributed by atoms with Gasteiger partial charge < -0.3 is 0 Å². The van der Waals surface area contributed by atoms with Crippen molar-refractivity contribution in [3.63, 3.8) is 0 Å². The van der Waals surface area contributed by atoms with Crippen molar-refractivity contribution in [3.05, 3.63) is 0 Å². The van der Waals surface area contributed by atoms with E-state index in [1.807, 2.05) is 0 Å². The number of hydrogen-bond donors (Lipinski definition) is 0. The van der Waals surface area contributed by atoms with Crippen LogP contribution in [0.25, 0.3) is 0 Å². The van der Waals surface area contributed by atoms with E-state index in [9.17, 15) is 0 Å². The highest BCUT2D eigenvalue weighted by Gasteiger charge is 2.71. The van der Waals surface area contributed by atoms with Crippen LogP contribution >= 0.6 is 0 Å². The van der Waals surface area contributed by atoms with E-state index in [0.717, 1.165) is 244 Å². The van der Waals surface area contributed by atoms with Gasteiger partial charge in [0.25, 0.3) is 0 Å². The minimum Gasteiger partial charge on any atom is -0.295 e. The monoisotopic (exact) mass is 1640 g/mol. The Hall–Kier alpha value is -0.0551. The molecule has 0 aromatic rings. The SMILES string of the molecule is C1CCC(C2CCC(N(C3CCC(C4CCCCC4)CC3)C3CC4C5B(C6CC(C7CCCCC7)CCC6N4C4C(C6CCCCC6)CC(C6CCCCC6)CC4C4CCCCC4)C4CCC(C6CCC7C8CCCC9CCCC(C%10CCCC6C%107)C98)CC4N(C4C(C6CCCCC6)CC(C6CCCCC6)CC4C4CCCCC4)C5C3)CC2)CC1. The van der Waals surface area contributed by atoms with Gasteiger partial charge in [0.2, 0.25) is 0 Å². The van der Waals surface area contributed by atoms with Crippen molar-refractivity contribution in [2.45, 2.75) is 560 Å². The van der Waals surface area contributed by atoms with Gasteiger partial charge >= 0.3 is 0 Å². The summed E-state index contributed by atoms with van der Waals surface area (Å²) < 4.78 is 0. The Balaban J connectivity index is 0.712. The van der Waals surface area contributed by atoms with Crippen LogP contribution in [0.4, 0.5) is 0 Å². The van der Waals surface area contributed by atoms with E-state index in [2.05, 4.69) is 14.7 Å². The van der Waals surface area contributed by atoms with Crippen LogP contribution in [-0.2, 0) is 0 Å². The molecule has 23 unspecified atom stereocenters. The van der Waals surface area contributed by atoms with Crippen molar-refractivity contribution in [2.24, 2.45) is 166 Å². The zero-order valence-corrected chi connectivity index (χ0v) is 78.8. The molecule has 0 radical (unpaired) electrons. The standard InChI is InChI=1S/C116H192BN3/c1-10-31-77(32-11-1)82-55-61-93(62-56-82)118(94-63-57-83(58-64-94)78-33-12-2-13-34-78)95-75-110-114-111(76-95)120(116-104(86-45-24-8-25-46-86)71-92(81-39-18-5-19-40-81)72-105(116)87-47-26-9-27-48-87)109-74-90(96-65-66-101-99-52-29-50-88-49-28-51-98(112(88)99)100-54-30-53-97(96)113(100)101)59-67-106(109)117(114)107-73-89(79-35-14-3-15-36-79)60-68-108(107)119(110)115-102(84-41-20-6-21-42-84)69-91(80-37-16-4-17-38-80)70-103(115)85-43-22-7-23-44-85/h77-116H,1-76H2. The fourth-order valence-corrected chi connectivity index (χ4v) is 43.9. The van der Waals surface area contributed by atoms with E-state index in [0.29, 0.717) is 0 Å². The predicted octanol–water partition coefficient (Wildman–Crippen LogP) is 32.0. The molecule has 21 aliphatic carbocycles. The van der Waals surface area contributed by atoms with Gasteiger partial charge in [-0.2, -0.15) is 0 Å². The van der Waals surface area contributed by atoms with E-state index >= 15 is 0 Å². The van der Waals surface area contributed by atoms with E-state index < -0.39 is 0 Å². The van der Waals surface area contributed by atoms with E-state index in [1.165, 1.54) is 12.8 Å². The van der Waals surface area contributed by atoms with E-state index in [1.54, 1.807) is 475 Å². The highest BCUT2D eigenvalue weighted by molar-refractivity contribution is 6.65. The third kappa shape index (κ3) is 16.5. The predicted molar refractivity (Wildman–Crippen MR) is 505 cm³/mol. The summed E-state index contributed by atoms with van der Waals surface area (Å²) >= 11 is 0. The fourth-order valence-electron chi connectivity index (χ4n) is 43.9. The molecule has 0 spiro atoms. The minimum atomic E-state index is 0.795. The van der Waals surface area contributed by atoms with Crippen LogP contribution in [0.15, 0.2) is 0 Å². The molecule has 0 bridgehead atoms. The molecule has 0 N–H and O–H groups in total. The molecule has 0 amide bonds. The maximum atomic E-state index is 4.19. The van der Waals surface area contributed by atoms with E-state index in [4.69, 9.17) is 0 Å². The summed E-state index contributed by atoms with van der Waals surface area (Å²) in [5.41, 5.74) is 0. The number of hydrogen-bond acceptors (Lipinski definition) is 3. The Morgan fingerprint density at radius 3 is 0.883 bits per heavy atom. The maximum absolute atomic E-state index is 4.19. The zero-order valence-electron chi connectivity index (χ0n) is 78.8. The number of rotatable bonds is 15. The summed E-state index contributed by atoms with van der Waals surface area (Å²) in [5.74, 6) is 32.1. The van der Waals surface area contributed by atoms with Gasteiger partial charge in [0.05, 0.1) is 0 Å². The molecule has 23 aliphatic rings. The van der Waals surface area contributed by atoms with Gasteiger partial charge in [-0.25, -0.2) is 0 Å². The third-order valence-electron chi connectivity index (χ3n) is 48.2. The van der Waals surface area contributed by atoms with Gasteiger partial charge in [-0.3, -0.25) is 14.7 Å². The molecular weight excluding hydrogens is 1450 g/mol. The molecule has 2 aliphatic heterocycles. The second-order valence-electron chi connectivity index (χ2n) is 52.5. The summed E-state index contributed by atoms with van der Waals surface area (Å²) in [4.78, 5) is 12.1. The molecule has 21 saturated carbocycles. The Morgan fingerprint density at radius 2 is 0.467 bits per heavy atom. The first-order valence-corrected chi connectivity index (χ1v) is 58.9. The first-order chi connectivity index (χ1) is 59.5. The first kappa shape index (κ1) is 84.2. The van der Waals surface area contributed by atoms with Crippen molar-refractivity contribution in [3.8, 4) is 0 Å². The summed E-state index contributed by atoms with van der Waals surface area (Å²) in [7, 11) is 0. The molecule has 2 heterocycles. The van der Waals surface area contributed by atoms with Crippen molar-refractivity contribution >= 4 is 6.71 Å². The molecule has 120 heavy (non-hydrogen) atoms. The zero-order chi connectivity index (χ0) is 79.1. The quantitative estimate of drug-likeness (QED) is 0.151. The Bertz CT molecular complexity index is 3050. The van der Waals surface area contributed by atoms with Crippen LogP contribution in [0.3, 0.4) is 0 Å². The molecule has 4 heteroatoms. The smallest absolute Gasteiger partial charge is 0.156 e. The van der Waals surface area contributed by atoms with Gasteiger partial charge in [0, 0.05) is 54.4 Å². The second-order valence-corrected chi connectivity index (χ2v) is 52.5. The Labute approximate surface area is 742 Å². The van der Waals surface area contributed by atoms with Gasteiger partial charge in [0.1, 0.15) is 0 Å². The minimum absolute atomic E-state index is 0.795. The summed E-state index contributed by atoms with van der Waals surface area (Å²) in [5, 5.41) is 0. The van der Waals surface area contributed by atoms with Crippen LogP contribution in [-0.4, -0.2) is 75.8 Å².